The molecule has 4 rings (SSSR count). The van der Waals surface area contributed by atoms with E-state index in [1.54, 1.807) is 0 Å². The van der Waals surface area contributed by atoms with E-state index in [0.29, 0.717) is 11.1 Å². The van der Waals surface area contributed by atoms with Gasteiger partial charge < -0.3 is 4.43 Å². The molecule has 0 amide bonds. The van der Waals surface area contributed by atoms with Crippen molar-refractivity contribution in [3.8, 4) is 0 Å². The van der Waals surface area contributed by atoms with Crippen molar-refractivity contribution in [2.75, 3.05) is 0 Å². The van der Waals surface area contributed by atoms with Gasteiger partial charge in [0.1, 0.15) is 0 Å². The predicted octanol–water partition coefficient (Wildman–Crippen LogP) is 5.93. The fourth-order valence-electron chi connectivity index (χ4n) is 4.67. The van der Waals surface area contributed by atoms with Gasteiger partial charge in [0, 0.05) is 0 Å². The van der Waals surface area contributed by atoms with Gasteiger partial charge in [0.15, 0.2) is 0 Å². The second kappa shape index (κ2) is 6.12. The second-order valence-corrected chi connectivity index (χ2v) is 12.4. The minimum Gasteiger partial charge on any atom is -0.401 e. The molecule has 0 radical (unpaired) electrons. The maximum absolute atomic E-state index is 7.14. The first-order valence-corrected chi connectivity index (χ1v) is 11.4. The Morgan fingerprint density at radius 2 is 1.40 bits per heavy atom. The highest BCUT2D eigenvalue weighted by atomic mass is 28.4. The van der Waals surface area contributed by atoms with Gasteiger partial charge in [-0.3, -0.25) is 0 Å². The third kappa shape index (κ3) is 2.39. The minimum absolute atomic E-state index is 0.0382. The number of benzene rings is 3. The van der Waals surface area contributed by atoms with E-state index in [-0.39, 0.29) is 6.10 Å². The van der Waals surface area contributed by atoms with Crippen LogP contribution in [0.25, 0.3) is 10.8 Å². The van der Waals surface area contributed by atoms with Crippen molar-refractivity contribution in [2.24, 2.45) is 0 Å². The van der Waals surface area contributed by atoms with E-state index in [0.717, 1.165) is 0 Å². The molecule has 1 atom stereocenters. The van der Waals surface area contributed by atoms with Crippen LogP contribution in [0.5, 0.6) is 0 Å². The molecule has 1 heterocycles. The summed E-state index contributed by atoms with van der Waals surface area (Å²) in [5.41, 5.74) is 3.64. The van der Waals surface area contributed by atoms with Crippen molar-refractivity contribution < 1.29 is 4.43 Å². The Kier molecular flexibility index (Phi) is 4.05. The lowest BCUT2D eigenvalue weighted by atomic mass is 9.95. The zero-order chi connectivity index (χ0) is 17.6. The zero-order valence-corrected chi connectivity index (χ0v) is 16.5. The van der Waals surface area contributed by atoms with Gasteiger partial charge in [0.05, 0.1) is 6.10 Å². The SMILES string of the molecule is CC(C)[Si]1(C(C)C)OC(c2ccccc2)c2cccc3cccc1c23. The Morgan fingerprint density at radius 1 is 0.760 bits per heavy atom. The maximum atomic E-state index is 7.14. The van der Waals surface area contributed by atoms with Crippen molar-refractivity contribution in [3.63, 3.8) is 0 Å². The smallest absolute Gasteiger partial charge is 0.231 e. The van der Waals surface area contributed by atoms with E-state index < -0.39 is 8.32 Å². The standard InChI is InChI=1S/C23H26OSi/c1-16(2)25(17(3)4)21-15-9-13-18-12-8-14-20(22(18)21)23(24-25)19-10-6-5-7-11-19/h5-17,23H,1-4H3. The van der Waals surface area contributed by atoms with E-state index in [2.05, 4.69) is 94.4 Å². The molecule has 0 fully saturated rings. The molecule has 0 aliphatic carbocycles. The number of hydrogen-bond donors (Lipinski definition) is 0. The molecular formula is C23H26OSi. The van der Waals surface area contributed by atoms with Crippen LogP contribution >= 0.6 is 0 Å². The van der Waals surface area contributed by atoms with Crippen molar-refractivity contribution in [1.82, 2.24) is 0 Å². The van der Waals surface area contributed by atoms with E-state index in [1.807, 2.05) is 0 Å². The van der Waals surface area contributed by atoms with Crippen LogP contribution in [-0.4, -0.2) is 8.32 Å². The van der Waals surface area contributed by atoms with Gasteiger partial charge >= 0.3 is 0 Å². The summed E-state index contributed by atoms with van der Waals surface area (Å²) in [7, 11) is -2.13. The highest BCUT2D eigenvalue weighted by molar-refractivity contribution is 6.90. The van der Waals surface area contributed by atoms with E-state index in [1.165, 1.54) is 27.1 Å². The van der Waals surface area contributed by atoms with Crippen LogP contribution in [-0.2, 0) is 4.43 Å². The number of hydrogen-bond acceptors (Lipinski definition) is 1. The molecule has 0 saturated carbocycles. The van der Waals surface area contributed by atoms with Crippen molar-refractivity contribution in [3.05, 3.63) is 77.9 Å². The van der Waals surface area contributed by atoms with Gasteiger partial charge in [0.25, 0.3) is 0 Å². The zero-order valence-electron chi connectivity index (χ0n) is 15.5. The van der Waals surface area contributed by atoms with Gasteiger partial charge in [0.2, 0.25) is 8.32 Å². The molecule has 2 heteroatoms. The fourth-order valence-corrected chi connectivity index (χ4v) is 9.61. The van der Waals surface area contributed by atoms with Crippen LogP contribution in [0.1, 0.15) is 44.9 Å². The highest BCUT2D eigenvalue weighted by Gasteiger charge is 2.50. The summed E-state index contributed by atoms with van der Waals surface area (Å²) in [5.74, 6) is 0. The normalized spacial score (nSPS) is 18.9. The molecule has 25 heavy (non-hydrogen) atoms. The summed E-state index contributed by atoms with van der Waals surface area (Å²) in [5, 5.41) is 4.27. The second-order valence-electron chi connectivity index (χ2n) is 7.76. The average Bonchev–Trinajstić information content (AvgIpc) is 2.63. The molecule has 0 N–H and O–H groups in total. The largest absolute Gasteiger partial charge is 0.401 e. The van der Waals surface area contributed by atoms with E-state index in [4.69, 9.17) is 4.43 Å². The Bertz CT molecular complexity index is 885. The Hall–Kier alpha value is -1.90. The first-order chi connectivity index (χ1) is 12.1. The third-order valence-electron chi connectivity index (χ3n) is 5.77. The molecule has 128 valence electrons. The summed E-state index contributed by atoms with van der Waals surface area (Å²) < 4.78 is 7.14. The Morgan fingerprint density at radius 3 is 2.04 bits per heavy atom. The van der Waals surface area contributed by atoms with Gasteiger partial charge in [-0.1, -0.05) is 94.4 Å². The first-order valence-electron chi connectivity index (χ1n) is 9.30. The van der Waals surface area contributed by atoms with Crippen molar-refractivity contribution in [1.29, 1.82) is 0 Å². The van der Waals surface area contributed by atoms with Gasteiger partial charge in [-0.15, -0.1) is 0 Å². The number of rotatable bonds is 3. The molecule has 3 aromatic rings. The molecular weight excluding hydrogens is 320 g/mol. The Labute approximate surface area is 151 Å². The molecule has 1 aliphatic rings. The minimum atomic E-state index is -2.13. The topological polar surface area (TPSA) is 9.23 Å². The lowest BCUT2D eigenvalue weighted by Crippen LogP contribution is -2.58. The molecule has 3 aromatic carbocycles. The van der Waals surface area contributed by atoms with Crippen LogP contribution in [0.15, 0.2) is 66.7 Å². The monoisotopic (exact) mass is 346 g/mol. The summed E-state index contributed by atoms with van der Waals surface area (Å²) in [6.07, 6.45) is 0.0382. The molecule has 0 aromatic heterocycles. The average molecular weight is 347 g/mol. The lowest BCUT2D eigenvalue weighted by molar-refractivity contribution is 0.225. The van der Waals surface area contributed by atoms with Crippen LogP contribution in [0.3, 0.4) is 0 Å². The fraction of sp³-hybridized carbons (Fsp3) is 0.304. The Balaban J connectivity index is 2.08. The maximum Gasteiger partial charge on any atom is 0.231 e. The summed E-state index contributed by atoms with van der Waals surface area (Å²) in [6, 6.07) is 24.2. The van der Waals surface area contributed by atoms with E-state index in [9.17, 15) is 0 Å². The van der Waals surface area contributed by atoms with Crippen LogP contribution in [0.2, 0.25) is 11.1 Å². The molecule has 1 nitrogen and oxygen atoms in total. The summed E-state index contributed by atoms with van der Waals surface area (Å²) >= 11 is 0. The van der Waals surface area contributed by atoms with Gasteiger partial charge in [-0.25, -0.2) is 0 Å². The molecule has 0 bridgehead atoms. The summed E-state index contributed by atoms with van der Waals surface area (Å²) in [4.78, 5) is 0. The van der Waals surface area contributed by atoms with E-state index >= 15 is 0 Å². The lowest BCUT2D eigenvalue weighted by Gasteiger charge is -2.46. The molecule has 1 unspecified atom stereocenters. The van der Waals surface area contributed by atoms with Crippen LogP contribution in [0.4, 0.5) is 0 Å². The van der Waals surface area contributed by atoms with Gasteiger partial charge in [-0.05, 0) is 38.2 Å². The molecule has 0 spiro atoms. The quantitative estimate of drug-likeness (QED) is 0.534. The van der Waals surface area contributed by atoms with Gasteiger partial charge in [-0.2, -0.15) is 0 Å². The van der Waals surface area contributed by atoms with Crippen molar-refractivity contribution in [2.45, 2.75) is 44.9 Å². The third-order valence-corrected chi connectivity index (χ3v) is 11.1. The van der Waals surface area contributed by atoms with Crippen molar-refractivity contribution >= 4 is 24.3 Å². The molecule has 0 saturated heterocycles. The predicted molar refractivity (Wildman–Crippen MR) is 109 cm³/mol. The highest BCUT2D eigenvalue weighted by Crippen LogP contribution is 2.45. The van der Waals surface area contributed by atoms with Crippen LogP contribution < -0.4 is 5.19 Å². The summed E-state index contributed by atoms with van der Waals surface area (Å²) in [6.45, 7) is 9.39. The van der Waals surface area contributed by atoms with Crippen LogP contribution in [0, 0.1) is 0 Å². The molecule has 1 aliphatic heterocycles. The first kappa shape index (κ1) is 16.6.